The zero-order chi connectivity index (χ0) is 30.3. The smallest absolute Gasteiger partial charge is 0.286 e. The molecule has 40 heavy (non-hydrogen) atoms. The van der Waals surface area contributed by atoms with Gasteiger partial charge in [0, 0.05) is 25.5 Å². The van der Waals surface area contributed by atoms with Gasteiger partial charge in [0.1, 0.15) is 27.3 Å². The lowest BCUT2D eigenvalue weighted by Gasteiger charge is -2.42. The Hall–Kier alpha value is -2.22. The van der Waals surface area contributed by atoms with Crippen LogP contribution in [0.1, 0.15) is 85.6 Å². The molecular formula is C27H43F3N6O3S. The van der Waals surface area contributed by atoms with Crippen LogP contribution in [0.25, 0.3) is 0 Å². The van der Waals surface area contributed by atoms with Gasteiger partial charge in [0.2, 0.25) is 0 Å². The molecule has 1 aromatic carbocycles. The molecule has 0 aromatic heterocycles. The van der Waals surface area contributed by atoms with E-state index in [-0.39, 0.29) is 11.3 Å². The number of hydrogen-bond donors (Lipinski definition) is 3. The van der Waals surface area contributed by atoms with E-state index >= 15 is 0 Å². The van der Waals surface area contributed by atoms with Crippen molar-refractivity contribution in [3.63, 3.8) is 0 Å². The molecule has 13 heteroatoms. The van der Waals surface area contributed by atoms with Crippen LogP contribution in [0.4, 0.5) is 13.2 Å². The lowest BCUT2D eigenvalue weighted by molar-refractivity contribution is -0.140. The minimum Gasteiger partial charge on any atom is -0.286 e. The van der Waals surface area contributed by atoms with E-state index < -0.39 is 37.8 Å². The standard InChI is InChI=1S/C20H38N6.C7H5F3O3S/c1-7-9-11-19(21-13-14-22-19)17(3,4)25-26-18(5,6)20(12-10-8-2)23-15-16-24-20;8-7(9,10)5-3-1-2-4-6(5)14(11,12)13/h13,15,22,24H,7-12,14,16H2,1-6H3;1-4H,(H,11,12,13). The molecule has 0 spiro atoms. The third kappa shape index (κ3) is 7.95. The van der Waals surface area contributed by atoms with E-state index in [1.807, 2.05) is 12.4 Å². The molecule has 2 aliphatic heterocycles. The van der Waals surface area contributed by atoms with E-state index in [9.17, 15) is 21.6 Å². The van der Waals surface area contributed by atoms with Gasteiger partial charge in [-0.2, -0.15) is 31.8 Å². The Morgan fingerprint density at radius 3 is 1.60 bits per heavy atom. The fourth-order valence-electron chi connectivity index (χ4n) is 4.80. The highest BCUT2D eigenvalue weighted by Gasteiger charge is 2.49. The van der Waals surface area contributed by atoms with Crippen molar-refractivity contribution in [2.45, 2.75) is 114 Å². The Morgan fingerprint density at radius 2 is 1.30 bits per heavy atom. The van der Waals surface area contributed by atoms with Gasteiger partial charge in [0.05, 0.1) is 5.56 Å². The summed E-state index contributed by atoms with van der Waals surface area (Å²) in [5, 5.41) is 16.9. The van der Waals surface area contributed by atoms with Gasteiger partial charge in [-0.3, -0.25) is 25.2 Å². The van der Waals surface area contributed by atoms with Crippen molar-refractivity contribution < 1.29 is 26.1 Å². The van der Waals surface area contributed by atoms with Crippen molar-refractivity contribution in [3.8, 4) is 0 Å². The second kappa shape index (κ2) is 13.2. The predicted molar refractivity (Wildman–Crippen MR) is 152 cm³/mol. The van der Waals surface area contributed by atoms with E-state index in [0.29, 0.717) is 12.1 Å². The first-order valence-corrected chi connectivity index (χ1v) is 15.1. The van der Waals surface area contributed by atoms with Crippen LogP contribution < -0.4 is 10.6 Å². The number of aliphatic imine (C=N–C) groups is 2. The van der Waals surface area contributed by atoms with Crippen molar-refractivity contribution in [1.29, 1.82) is 0 Å². The van der Waals surface area contributed by atoms with E-state index in [2.05, 4.69) is 52.2 Å². The highest BCUT2D eigenvalue weighted by Crippen LogP contribution is 2.39. The zero-order valence-corrected chi connectivity index (χ0v) is 25.0. The third-order valence-corrected chi connectivity index (χ3v) is 8.34. The summed E-state index contributed by atoms with van der Waals surface area (Å²) < 4.78 is 66.2. The van der Waals surface area contributed by atoms with Crippen molar-refractivity contribution in [1.82, 2.24) is 10.6 Å². The highest BCUT2D eigenvalue weighted by molar-refractivity contribution is 7.85. The van der Waals surface area contributed by atoms with Gasteiger partial charge in [-0.15, -0.1) is 0 Å². The fourth-order valence-corrected chi connectivity index (χ4v) is 5.51. The van der Waals surface area contributed by atoms with Gasteiger partial charge >= 0.3 is 6.18 Å². The van der Waals surface area contributed by atoms with E-state index in [1.165, 1.54) is 0 Å². The lowest BCUT2D eigenvalue weighted by atomic mass is 9.83. The van der Waals surface area contributed by atoms with Gasteiger partial charge in [0.15, 0.2) is 0 Å². The number of benzene rings is 1. The van der Waals surface area contributed by atoms with E-state index in [4.69, 9.17) is 24.8 Å². The maximum absolute atomic E-state index is 12.2. The van der Waals surface area contributed by atoms with Gasteiger partial charge < -0.3 is 0 Å². The topological polar surface area (TPSA) is 128 Å². The summed E-state index contributed by atoms with van der Waals surface area (Å²) in [5.41, 5.74) is -2.92. The number of azo groups is 1. The summed E-state index contributed by atoms with van der Waals surface area (Å²) in [6.07, 6.45) is 5.65. The average molecular weight is 589 g/mol. The minimum atomic E-state index is -4.84. The number of nitrogens with zero attached hydrogens (tertiary/aromatic N) is 4. The molecule has 0 fully saturated rings. The van der Waals surface area contributed by atoms with Gasteiger partial charge in [-0.1, -0.05) is 38.8 Å². The van der Waals surface area contributed by atoms with Crippen molar-refractivity contribution in [3.05, 3.63) is 29.8 Å². The SMILES string of the molecule is CCCCC1(C(C)(C)N=NC(C)(C)C2(CCCC)N=CCN2)N=CCN1.O=S(=O)(O)c1ccccc1C(F)(F)F. The fraction of sp³-hybridized carbons (Fsp3) is 0.704. The molecule has 9 nitrogen and oxygen atoms in total. The van der Waals surface area contributed by atoms with Gasteiger partial charge in [-0.25, -0.2) is 0 Å². The molecule has 2 unspecified atom stereocenters. The third-order valence-electron chi connectivity index (χ3n) is 7.42. The van der Waals surface area contributed by atoms with E-state index in [1.54, 1.807) is 0 Å². The monoisotopic (exact) mass is 588 g/mol. The molecule has 226 valence electrons. The Balaban J connectivity index is 0.000000337. The minimum absolute atomic E-state index is 0.356. The van der Waals surface area contributed by atoms with Crippen LogP contribution >= 0.6 is 0 Å². The quantitative estimate of drug-likeness (QED) is 0.214. The Labute approximate surface area is 236 Å². The Bertz CT molecular complexity index is 1140. The van der Waals surface area contributed by atoms with E-state index in [0.717, 1.165) is 63.7 Å². The molecule has 0 amide bonds. The van der Waals surface area contributed by atoms with Crippen LogP contribution in [0, 0.1) is 0 Å². The maximum Gasteiger partial charge on any atom is 0.417 e. The number of unbranched alkanes of at least 4 members (excludes halogenated alkanes) is 2. The second-order valence-corrected chi connectivity index (χ2v) is 12.5. The second-order valence-electron chi connectivity index (χ2n) is 11.1. The molecule has 2 atom stereocenters. The molecule has 2 aliphatic rings. The average Bonchev–Trinajstić information content (AvgIpc) is 3.56. The summed E-state index contributed by atoms with van der Waals surface area (Å²) in [5.74, 6) is 0. The van der Waals surface area contributed by atoms with Crippen LogP contribution in [-0.2, 0) is 16.3 Å². The summed E-state index contributed by atoms with van der Waals surface area (Å²) in [7, 11) is -4.84. The lowest BCUT2D eigenvalue weighted by Crippen LogP contribution is -2.57. The van der Waals surface area contributed by atoms with Crippen LogP contribution in [0.2, 0.25) is 0 Å². The molecule has 0 radical (unpaired) electrons. The number of halogens is 3. The summed E-state index contributed by atoms with van der Waals surface area (Å²) in [4.78, 5) is 8.48. The van der Waals surface area contributed by atoms with Crippen LogP contribution in [0.3, 0.4) is 0 Å². The molecule has 1 aromatic rings. The molecule has 0 saturated carbocycles. The number of rotatable bonds is 11. The normalized spacial score (nSPS) is 23.6. The first-order valence-electron chi connectivity index (χ1n) is 13.6. The molecule has 0 saturated heterocycles. The summed E-state index contributed by atoms with van der Waals surface area (Å²) in [6.45, 7) is 14.6. The summed E-state index contributed by atoms with van der Waals surface area (Å²) in [6, 6.07) is 3.41. The molecule has 3 N–H and O–H groups in total. The van der Waals surface area contributed by atoms with Crippen LogP contribution in [0.5, 0.6) is 0 Å². The summed E-state index contributed by atoms with van der Waals surface area (Å²) >= 11 is 0. The molecule has 0 aliphatic carbocycles. The van der Waals surface area contributed by atoms with Crippen LogP contribution in [0.15, 0.2) is 49.4 Å². The van der Waals surface area contributed by atoms with Crippen molar-refractivity contribution >= 4 is 22.5 Å². The number of nitrogens with one attached hydrogen (secondary N) is 2. The first kappa shape index (κ1) is 34.0. The largest absolute Gasteiger partial charge is 0.417 e. The first-order chi connectivity index (χ1) is 18.5. The maximum atomic E-state index is 12.2. The zero-order valence-electron chi connectivity index (χ0n) is 24.2. The van der Waals surface area contributed by atoms with Crippen molar-refractivity contribution in [2.24, 2.45) is 20.2 Å². The predicted octanol–water partition coefficient (Wildman–Crippen LogP) is 6.07. The molecule has 2 heterocycles. The number of alkyl halides is 3. The molecular weight excluding hydrogens is 545 g/mol. The van der Waals surface area contributed by atoms with Crippen molar-refractivity contribution in [2.75, 3.05) is 13.1 Å². The number of hydrogen-bond acceptors (Lipinski definition) is 8. The Morgan fingerprint density at radius 1 is 0.875 bits per heavy atom. The van der Waals surface area contributed by atoms with Gasteiger partial charge in [-0.05, 0) is 65.5 Å². The molecule has 3 rings (SSSR count). The van der Waals surface area contributed by atoms with Gasteiger partial charge in [0.25, 0.3) is 10.1 Å². The molecule has 0 bridgehead atoms. The Kier molecular flexibility index (Phi) is 11.2. The highest BCUT2D eigenvalue weighted by atomic mass is 32.2. The van der Waals surface area contributed by atoms with Crippen LogP contribution in [-0.4, -0.2) is 60.9 Å².